The van der Waals surface area contributed by atoms with Crippen LogP contribution in [0.4, 0.5) is 0 Å². The first-order valence-electron chi connectivity index (χ1n) is 5.61. The molecule has 0 aliphatic heterocycles. The van der Waals surface area contributed by atoms with E-state index in [-0.39, 0.29) is 5.78 Å². The monoisotopic (exact) mass is 278 g/mol. The van der Waals surface area contributed by atoms with Crippen LogP contribution in [-0.4, -0.2) is 5.78 Å². The van der Waals surface area contributed by atoms with E-state index < -0.39 is 0 Å². The van der Waals surface area contributed by atoms with Crippen LogP contribution in [0.25, 0.3) is 0 Å². The molecule has 2 rings (SSSR count). The van der Waals surface area contributed by atoms with E-state index in [4.69, 9.17) is 23.2 Å². The normalized spacial score (nSPS) is 10.4. The second-order valence-electron chi connectivity index (χ2n) is 4.10. The van der Waals surface area contributed by atoms with E-state index in [0.29, 0.717) is 22.0 Å². The molecule has 0 fully saturated rings. The van der Waals surface area contributed by atoms with E-state index in [1.54, 1.807) is 24.3 Å². The molecule has 0 amide bonds. The van der Waals surface area contributed by atoms with Crippen LogP contribution in [0.5, 0.6) is 0 Å². The summed E-state index contributed by atoms with van der Waals surface area (Å²) >= 11 is 12.1. The Morgan fingerprint density at radius 2 is 1.67 bits per heavy atom. The molecular formula is C15H12Cl2O. The van der Waals surface area contributed by atoms with Crippen molar-refractivity contribution >= 4 is 29.0 Å². The molecule has 0 aliphatic carbocycles. The largest absolute Gasteiger partial charge is 0.294 e. The first kappa shape index (κ1) is 13.1. The maximum Gasteiger partial charge on any atom is 0.167 e. The highest BCUT2D eigenvalue weighted by molar-refractivity contribution is 6.32. The van der Waals surface area contributed by atoms with Crippen LogP contribution < -0.4 is 0 Å². The third kappa shape index (κ3) is 2.74. The molecular weight excluding hydrogens is 267 g/mol. The van der Waals surface area contributed by atoms with Crippen LogP contribution in [0.3, 0.4) is 0 Å². The van der Waals surface area contributed by atoms with E-state index in [1.165, 1.54) is 0 Å². The van der Waals surface area contributed by atoms with E-state index in [1.807, 2.05) is 25.1 Å². The highest BCUT2D eigenvalue weighted by Crippen LogP contribution is 2.22. The van der Waals surface area contributed by atoms with Crippen LogP contribution in [0, 0.1) is 6.92 Å². The molecule has 0 spiro atoms. The maximum absolute atomic E-state index is 12.2. The lowest BCUT2D eigenvalue weighted by Gasteiger charge is -2.07. The third-order valence-electron chi connectivity index (χ3n) is 2.88. The Labute approximate surface area is 116 Å². The Kier molecular flexibility index (Phi) is 4.05. The molecule has 0 saturated heterocycles. The number of halogens is 2. The predicted molar refractivity (Wildman–Crippen MR) is 75.7 cm³/mol. The highest BCUT2D eigenvalue weighted by atomic mass is 35.5. The van der Waals surface area contributed by atoms with Crippen LogP contribution in [0.1, 0.15) is 21.5 Å². The zero-order valence-electron chi connectivity index (χ0n) is 9.91. The lowest BCUT2D eigenvalue weighted by Crippen LogP contribution is -2.06. The number of carbonyl (C=O) groups is 1. The van der Waals surface area contributed by atoms with Crippen molar-refractivity contribution in [2.24, 2.45) is 0 Å². The number of hydrogen-bond donors (Lipinski definition) is 0. The summed E-state index contributed by atoms with van der Waals surface area (Å²) in [6.07, 6.45) is 0.293. The number of hydrogen-bond acceptors (Lipinski definition) is 1. The van der Waals surface area contributed by atoms with Gasteiger partial charge in [-0.2, -0.15) is 0 Å². The van der Waals surface area contributed by atoms with Gasteiger partial charge in [-0.1, -0.05) is 53.5 Å². The lowest BCUT2D eigenvalue weighted by molar-refractivity contribution is 0.0992. The first-order valence-corrected chi connectivity index (χ1v) is 6.37. The van der Waals surface area contributed by atoms with Crippen molar-refractivity contribution in [1.82, 2.24) is 0 Å². The van der Waals surface area contributed by atoms with Gasteiger partial charge in [0.1, 0.15) is 0 Å². The number of benzene rings is 2. The predicted octanol–water partition coefficient (Wildman–Crippen LogP) is 4.73. The van der Waals surface area contributed by atoms with Crippen molar-refractivity contribution in [3.63, 3.8) is 0 Å². The number of rotatable bonds is 3. The standard InChI is InChI=1S/C15H12Cl2O/c1-10-12(6-4-8-13(10)16)15(18)9-11-5-2-3-7-14(11)17/h2-8H,9H2,1H3. The van der Waals surface area contributed by atoms with Crippen LogP contribution >= 0.6 is 23.2 Å². The molecule has 2 aromatic carbocycles. The molecule has 0 saturated carbocycles. The summed E-state index contributed by atoms with van der Waals surface area (Å²) in [6.45, 7) is 1.85. The molecule has 0 aliphatic rings. The van der Waals surface area contributed by atoms with Gasteiger partial charge < -0.3 is 0 Å². The summed E-state index contributed by atoms with van der Waals surface area (Å²) in [7, 11) is 0. The SMILES string of the molecule is Cc1c(Cl)cccc1C(=O)Cc1ccccc1Cl. The molecule has 1 nitrogen and oxygen atoms in total. The Bertz CT molecular complexity index is 591. The summed E-state index contributed by atoms with van der Waals surface area (Å²) in [6, 6.07) is 12.7. The topological polar surface area (TPSA) is 17.1 Å². The summed E-state index contributed by atoms with van der Waals surface area (Å²) in [4.78, 5) is 12.2. The highest BCUT2D eigenvalue weighted by Gasteiger charge is 2.12. The Hall–Kier alpha value is -1.31. The maximum atomic E-state index is 12.2. The van der Waals surface area contributed by atoms with Crippen molar-refractivity contribution < 1.29 is 4.79 Å². The molecule has 92 valence electrons. The van der Waals surface area contributed by atoms with Crippen molar-refractivity contribution in [3.05, 3.63) is 69.2 Å². The average molecular weight is 279 g/mol. The molecule has 0 heterocycles. The summed E-state index contributed by atoms with van der Waals surface area (Å²) in [5.74, 6) is 0.0306. The fourth-order valence-corrected chi connectivity index (χ4v) is 2.20. The molecule has 0 aromatic heterocycles. The number of Topliss-reactive ketones (excluding diaryl/α,β-unsaturated/α-hetero) is 1. The van der Waals surface area contributed by atoms with Gasteiger partial charge in [0.25, 0.3) is 0 Å². The molecule has 18 heavy (non-hydrogen) atoms. The molecule has 0 atom stereocenters. The second-order valence-corrected chi connectivity index (χ2v) is 4.92. The number of ketones is 1. The second kappa shape index (κ2) is 5.55. The van der Waals surface area contributed by atoms with Gasteiger partial charge in [0, 0.05) is 22.0 Å². The Balaban J connectivity index is 2.28. The summed E-state index contributed by atoms with van der Waals surface area (Å²) in [5.41, 5.74) is 2.31. The molecule has 0 bridgehead atoms. The van der Waals surface area contributed by atoms with Crippen LogP contribution in [0.15, 0.2) is 42.5 Å². The van der Waals surface area contributed by atoms with Gasteiger partial charge in [-0.3, -0.25) is 4.79 Å². The van der Waals surface area contributed by atoms with Crippen LogP contribution in [-0.2, 0) is 6.42 Å². The molecule has 0 radical (unpaired) electrons. The van der Waals surface area contributed by atoms with E-state index in [0.717, 1.165) is 11.1 Å². The quantitative estimate of drug-likeness (QED) is 0.742. The molecule has 3 heteroatoms. The molecule has 0 unspecified atom stereocenters. The van der Waals surface area contributed by atoms with Crippen molar-refractivity contribution in [2.75, 3.05) is 0 Å². The average Bonchev–Trinajstić information content (AvgIpc) is 2.35. The van der Waals surface area contributed by atoms with Crippen molar-refractivity contribution in [2.45, 2.75) is 13.3 Å². The van der Waals surface area contributed by atoms with Gasteiger partial charge in [0.15, 0.2) is 5.78 Å². The van der Waals surface area contributed by atoms with E-state index in [9.17, 15) is 4.79 Å². The van der Waals surface area contributed by atoms with Gasteiger partial charge in [-0.15, -0.1) is 0 Å². The molecule has 2 aromatic rings. The third-order valence-corrected chi connectivity index (χ3v) is 3.66. The van der Waals surface area contributed by atoms with Gasteiger partial charge in [-0.05, 0) is 30.2 Å². The fourth-order valence-electron chi connectivity index (χ4n) is 1.82. The zero-order valence-corrected chi connectivity index (χ0v) is 11.4. The number of carbonyl (C=O) groups excluding carboxylic acids is 1. The minimum atomic E-state index is 0.0306. The van der Waals surface area contributed by atoms with Gasteiger partial charge >= 0.3 is 0 Å². The van der Waals surface area contributed by atoms with E-state index in [2.05, 4.69) is 0 Å². The van der Waals surface area contributed by atoms with Gasteiger partial charge in [0.2, 0.25) is 0 Å². The summed E-state index contributed by atoms with van der Waals surface area (Å²) < 4.78 is 0. The Morgan fingerprint density at radius 3 is 2.39 bits per heavy atom. The van der Waals surface area contributed by atoms with Crippen LogP contribution in [0.2, 0.25) is 10.0 Å². The minimum absolute atomic E-state index is 0.0306. The lowest BCUT2D eigenvalue weighted by atomic mass is 9.99. The van der Waals surface area contributed by atoms with Gasteiger partial charge in [0.05, 0.1) is 0 Å². The van der Waals surface area contributed by atoms with Crippen molar-refractivity contribution in [3.8, 4) is 0 Å². The minimum Gasteiger partial charge on any atom is -0.294 e. The fraction of sp³-hybridized carbons (Fsp3) is 0.133. The zero-order chi connectivity index (χ0) is 13.1. The molecule has 0 N–H and O–H groups in total. The Morgan fingerprint density at radius 1 is 1.00 bits per heavy atom. The van der Waals surface area contributed by atoms with Gasteiger partial charge in [-0.25, -0.2) is 0 Å². The summed E-state index contributed by atoms with van der Waals surface area (Å²) in [5, 5.41) is 1.23. The first-order chi connectivity index (χ1) is 8.59. The smallest absolute Gasteiger partial charge is 0.167 e. The van der Waals surface area contributed by atoms with Crippen molar-refractivity contribution in [1.29, 1.82) is 0 Å². The van der Waals surface area contributed by atoms with E-state index >= 15 is 0 Å².